The Morgan fingerprint density at radius 3 is 2.65 bits per heavy atom. The summed E-state index contributed by atoms with van der Waals surface area (Å²) >= 11 is 5.82. The number of fused-ring (bicyclic) bond motifs is 1. The van der Waals surface area contributed by atoms with Crippen LogP contribution in [0.25, 0.3) is 0 Å². The number of carbonyl (C=O) groups excluding carboxylic acids is 3. The molecule has 0 bridgehead atoms. The third-order valence-corrected chi connectivity index (χ3v) is 3.30. The quantitative estimate of drug-likeness (QED) is 0.843. The Morgan fingerprint density at radius 2 is 1.95 bits per heavy atom. The molecule has 1 N–H and O–H groups in total. The van der Waals surface area contributed by atoms with Crippen LogP contribution in [-0.4, -0.2) is 35.7 Å². The van der Waals surface area contributed by atoms with E-state index in [0.29, 0.717) is 22.7 Å². The Hall–Kier alpha value is -1.88. The van der Waals surface area contributed by atoms with Crippen LogP contribution < -0.4 is 5.32 Å². The average molecular weight is 295 g/mol. The molecular weight excluding hydrogens is 280 g/mol. The maximum atomic E-state index is 12.1. The van der Waals surface area contributed by atoms with Crippen molar-refractivity contribution < 1.29 is 14.4 Å². The molecule has 5 nitrogen and oxygen atoms in total. The SMILES string of the molecule is CCCNC(=O)CCN1C(=O)c2ccc(Cl)cc2C1=O. The Labute approximate surface area is 121 Å². The summed E-state index contributed by atoms with van der Waals surface area (Å²) in [7, 11) is 0. The maximum absolute atomic E-state index is 12.1. The molecule has 0 atom stereocenters. The summed E-state index contributed by atoms with van der Waals surface area (Å²) < 4.78 is 0. The maximum Gasteiger partial charge on any atom is 0.261 e. The van der Waals surface area contributed by atoms with Crippen LogP contribution in [0.2, 0.25) is 5.02 Å². The lowest BCUT2D eigenvalue weighted by Crippen LogP contribution is -2.34. The van der Waals surface area contributed by atoms with Crippen molar-refractivity contribution in [2.75, 3.05) is 13.1 Å². The Kier molecular flexibility index (Phi) is 4.39. The molecule has 0 aliphatic carbocycles. The normalized spacial score (nSPS) is 13.6. The van der Waals surface area contributed by atoms with E-state index >= 15 is 0 Å². The number of nitrogens with zero attached hydrogens (tertiary/aromatic N) is 1. The van der Waals surface area contributed by atoms with Crippen LogP contribution in [0.15, 0.2) is 18.2 Å². The van der Waals surface area contributed by atoms with Crippen molar-refractivity contribution in [1.29, 1.82) is 0 Å². The van der Waals surface area contributed by atoms with Crippen LogP contribution >= 0.6 is 11.6 Å². The molecule has 0 spiro atoms. The Balaban J connectivity index is 2.03. The summed E-state index contributed by atoms with van der Waals surface area (Å²) in [5.41, 5.74) is 0.643. The van der Waals surface area contributed by atoms with Crippen molar-refractivity contribution in [1.82, 2.24) is 10.2 Å². The van der Waals surface area contributed by atoms with Crippen molar-refractivity contribution in [3.05, 3.63) is 34.3 Å². The highest BCUT2D eigenvalue weighted by Gasteiger charge is 2.35. The van der Waals surface area contributed by atoms with Crippen LogP contribution in [-0.2, 0) is 4.79 Å². The number of carbonyl (C=O) groups is 3. The molecule has 1 aromatic rings. The third-order valence-electron chi connectivity index (χ3n) is 3.07. The van der Waals surface area contributed by atoms with Crippen LogP contribution in [0.1, 0.15) is 40.5 Å². The van der Waals surface area contributed by atoms with Gasteiger partial charge in [0.25, 0.3) is 11.8 Å². The minimum atomic E-state index is -0.393. The summed E-state index contributed by atoms with van der Waals surface area (Å²) in [6.45, 7) is 2.63. The van der Waals surface area contributed by atoms with Gasteiger partial charge in [-0.05, 0) is 24.6 Å². The van der Waals surface area contributed by atoms with Gasteiger partial charge in [-0.3, -0.25) is 19.3 Å². The highest BCUT2D eigenvalue weighted by molar-refractivity contribution is 6.32. The minimum Gasteiger partial charge on any atom is -0.356 e. The Bertz CT molecular complexity index is 572. The van der Waals surface area contributed by atoms with E-state index in [4.69, 9.17) is 11.6 Å². The van der Waals surface area contributed by atoms with Crippen molar-refractivity contribution in [2.24, 2.45) is 0 Å². The molecular formula is C14H15ClN2O3. The molecule has 0 saturated carbocycles. The van der Waals surface area contributed by atoms with E-state index in [1.165, 1.54) is 12.1 Å². The number of halogens is 1. The highest BCUT2D eigenvalue weighted by atomic mass is 35.5. The number of amides is 3. The molecule has 1 heterocycles. The fraction of sp³-hybridized carbons (Fsp3) is 0.357. The van der Waals surface area contributed by atoms with E-state index in [2.05, 4.69) is 5.32 Å². The molecule has 0 radical (unpaired) electrons. The monoisotopic (exact) mass is 294 g/mol. The van der Waals surface area contributed by atoms with Crippen LogP contribution in [0, 0.1) is 0 Å². The van der Waals surface area contributed by atoms with Crippen LogP contribution in [0.5, 0.6) is 0 Å². The molecule has 1 aliphatic rings. The number of benzene rings is 1. The summed E-state index contributed by atoms with van der Waals surface area (Å²) in [4.78, 5) is 36.8. The molecule has 106 valence electrons. The summed E-state index contributed by atoms with van der Waals surface area (Å²) in [5.74, 6) is -0.929. The summed E-state index contributed by atoms with van der Waals surface area (Å²) in [6.07, 6.45) is 0.955. The number of imide groups is 1. The van der Waals surface area contributed by atoms with Gasteiger partial charge in [0.15, 0.2) is 0 Å². The van der Waals surface area contributed by atoms with Crippen LogP contribution in [0.3, 0.4) is 0 Å². The fourth-order valence-corrected chi connectivity index (χ4v) is 2.20. The predicted octanol–water partition coefficient (Wildman–Crippen LogP) is 1.85. The van der Waals surface area contributed by atoms with E-state index in [-0.39, 0.29) is 24.8 Å². The zero-order valence-corrected chi connectivity index (χ0v) is 11.9. The van der Waals surface area contributed by atoms with Gasteiger partial charge < -0.3 is 5.32 Å². The lowest BCUT2D eigenvalue weighted by atomic mass is 10.1. The van der Waals surface area contributed by atoms with E-state index in [0.717, 1.165) is 11.3 Å². The molecule has 3 amide bonds. The van der Waals surface area contributed by atoms with Crippen molar-refractivity contribution in [3.8, 4) is 0 Å². The van der Waals surface area contributed by atoms with Gasteiger partial charge in [-0.25, -0.2) is 0 Å². The number of rotatable bonds is 5. The molecule has 0 unspecified atom stereocenters. The Morgan fingerprint density at radius 1 is 1.25 bits per heavy atom. The third kappa shape index (κ3) is 2.82. The average Bonchev–Trinajstić information content (AvgIpc) is 2.66. The van der Waals surface area contributed by atoms with Crippen molar-refractivity contribution >= 4 is 29.3 Å². The number of hydrogen-bond acceptors (Lipinski definition) is 3. The van der Waals surface area contributed by atoms with Gasteiger partial charge in [0.05, 0.1) is 11.1 Å². The van der Waals surface area contributed by atoms with E-state index < -0.39 is 5.91 Å². The number of nitrogens with one attached hydrogen (secondary N) is 1. The second-order valence-corrected chi connectivity index (χ2v) is 4.99. The van der Waals surface area contributed by atoms with Gasteiger partial charge in [-0.1, -0.05) is 18.5 Å². The first-order valence-corrected chi connectivity index (χ1v) is 6.85. The molecule has 6 heteroatoms. The lowest BCUT2D eigenvalue weighted by molar-refractivity contribution is -0.121. The highest BCUT2D eigenvalue weighted by Crippen LogP contribution is 2.25. The minimum absolute atomic E-state index is 0.0829. The van der Waals surface area contributed by atoms with Gasteiger partial charge in [-0.2, -0.15) is 0 Å². The summed E-state index contributed by atoms with van der Waals surface area (Å²) in [6, 6.07) is 4.59. The molecule has 1 aromatic carbocycles. The first kappa shape index (κ1) is 14.5. The standard InChI is InChI=1S/C14H15ClN2O3/c1-2-6-16-12(18)5-7-17-13(19)10-4-3-9(15)8-11(10)14(17)20/h3-4,8H,2,5-7H2,1H3,(H,16,18). The second-order valence-electron chi connectivity index (χ2n) is 4.55. The number of hydrogen-bond donors (Lipinski definition) is 1. The van der Waals surface area contributed by atoms with E-state index in [1.54, 1.807) is 6.07 Å². The lowest BCUT2D eigenvalue weighted by Gasteiger charge is -2.13. The molecule has 0 fully saturated rings. The second kappa shape index (κ2) is 6.05. The smallest absolute Gasteiger partial charge is 0.261 e. The van der Waals surface area contributed by atoms with Gasteiger partial charge in [0, 0.05) is 24.5 Å². The van der Waals surface area contributed by atoms with Gasteiger partial charge in [0.2, 0.25) is 5.91 Å². The first-order valence-electron chi connectivity index (χ1n) is 6.47. The van der Waals surface area contributed by atoms with Crippen LogP contribution in [0.4, 0.5) is 0 Å². The van der Waals surface area contributed by atoms with E-state index in [1.807, 2.05) is 6.92 Å². The van der Waals surface area contributed by atoms with Gasteiger partial charge >= 0.3 is 0 Å². The zero-order chi connectivity index (χ0) is 14.7. The molecule has 2 rings (SSSR count). The fourth-order valence-electron chi connectivity index (χ4n) is 2.03. The van der Waals surface area contributed by atoms with Crippen molar-refractivity contribution in [2.45, 2.75) is 19.8 Å². The molecule has 20 heavy (non-hydrogen) atoms. The first-order chi connectivity index (χ1) is 9.54. The largest absolute Gasteiger partial charge is 0.356 e. The van der Waals surface area contributed by atoms with Gasteiger partial charge in [0.1, 0.15) is 0 Å². The topological polar surface area (TPSA) is 66.5 Å². The zero-order valence-electron chi connectivity index (χ0n) is 11.1. The predicted molar refractivity (Wildman–Crippen MR) is 74.7 cm³/mol. The molecule has 0 saturated heterocycles. The molecule has 0 aromatic heterocycles. The summed E-state index contributed by atoms with van der Waals surface area (Å²) in [5, 5.41) is 3.12. The molecule has 1 aliphatic heterocycles. The van der Waals surface area contributed by atoms with Gasteiger partial charge in [-0.15, -0.1) is 0 Å². The van der Waals surface area contributed by atoms with Crippen molar-refractivity contribution in [3.63, 3.8) is 0 Å². The van der Waals surface area contributed by atoms with E-state index in [9.17, 15) is 14.4 Å².